The molecule has 0 bridgehead atoms. The van der Waals surface area contributed by atoms with Gasteiger partial charge in [0.2, 0.25) is 5.91 Å². The zero-order valence-corrected chi connectivity index (χ0v) is 27.0. The highest BCUT2D eigenvalue weighted by Gasteiger charge is 2.56. The maximum Gasteiger partial charge on any atom is 0.364 e. The largest absolute Gasteiger partial charge is 0.508 e. The smallest absolute Gasteiger partial charge is 0.364 e. The maximum absolute atomic E-state index is 12.7. The average molecular weight is 696 g/mol. The molecular formula is C31H41N3O13S. The normalized spacial score (nSPS) is 22.4. The van der Waals surface area contributed by atoms with Crippen LogP contribution in [0.15, 0.2) is 48.5 Å². The van der Waals surface area contributed by atoms with E-state index in [0.717, 1.165) is 18.2 Å². The average Bonchev–Trinajstić information content (AvgIpc) is 3.06. The van der Waals surface area contributed by atoms with Crippen molar-refractivity contribution in [3.63, 3.8) is 0 Å². The Hall–Kier alpha value is -3.67. The minimum atomic E-state index is -4.26. The number of benzene rings is 2. The molecule has 0 radical (unpaired) electrons. The van der Waals surface area contributed by atoms with Crippen LogP contribution >= 0.6 is 0 Å². The van der Waals surface area contributed by atoms with Gasteiger partial charge < -0.3 is 49.8 Å². The number of carboxylic acids is 1. The van der Waals surface area contributed by atoms with Crippen LogP contribution in [0.25, 0.3) is 11.1 Å². The van der Waals surface area contributed by atoms with Crippen molar-refractivity contribution in [1.29, 1.82) is 0 Å². The van der Waals surface area contributed by atoms with E-state index >= 15 is 0 Å². The minimum Gasteiger partial charge on any atom is -0.508 e. The first-order chi connectivity index (χ1) is 22.8. The number of phenols is 1. The molecule has 0 unspecified atom stereocenters. The van der Waals surface area contributed by atoms with Crippen LogP contribution in [0, 0.1) is 12.3 Å². The third kappa shape index (κ3) is 11.2. The Labute approximate surface area is 278 Å². The lowest BCUT2D eigenvalue weighted by Gasteiger charge is -2.46. The van der Waals surface area contributed by atoms with Crippen LogP contribution < -0.4 is 14.8 Å². The van der Waals surface area contributed by atoms with E-state index in [1.807, 2.05) is 4.72 Å². The maximum atomic E-state index is 12.7. The zero-order valence-electron chi connectivity index (χ0n) is 26.2. The van der Waals surface area contributed by atoms with Crippen molar-refractivity contribution in [2.24, 2.45) is 0 Å². The van der Waals surface area contributed by atoms with Gasteiger partial charge in [-0.05, 0) is 28.8 Å². The summed E-state index contributed by atoms with van der Waals surface area (Å²) in [5, 5.41) is 54.7. The quantitative estimate of drug-likeness (QED) is 0.0616. The first-order valence-electron chi connectivity index (χ1n) is 14.8. The number of carbonyl (C=O) groups excluding carboxylic acids is 1. The molecule has 1 aliphatic rings. The van der Waals surface area contributed by atoms with Crippen molar-refractivity contribution >= 4 is 22.1 Å². The highest BCUT2D eigenvalue weighted by atomic mass is 32.2. The van der Waals surface area contributed by atoms with Crippen molar-refractivity contribution in [3.05, 3.63) is 54.1 Å². The molecule has 2 aromatic rings. The number of carboxylic acid groups (broad SMARTS) is 1. The summed E-state index contributed by atoms with van der Waals surface area (Å²) in [6.45, 7) is -0.630. The molecule has 16 nitrogen and oxygen atoms in total. The topological polar surface area (TPSA) is 242 Å². The number of rotatable bonds is 19. The predicted octanol–water partition coefficient (Wildman–Crippen LogP) is -1.52. The number of aliphatic hydroxyl groups excluding tert-OH is 3. The van der Waals surface area contributed by atoms with Crippen LogP contribution in [0.4, 0.5) is 0 Å². The summed E-state index contributed by atoms with van der Waals surface area (Å²) in [5.74, 6) is -2.36. The summed E-state index contributed by atoms with van der Waals surface area (Å²) in [4.78, 5) is 25.0. The van der Waals surface area contributed by atoms with Gasteiger partial charge in [-0.15, -0.1) is 6.42 Å². The van der Waals surface area contributed by atoms with E-state index in [1.165, 1.54) is 0 Å². The SMILES string of the molecule is C#CCOCCOCCO[C@]1(C(=O)O)C[C@H](O)[C@@H](NS(=O)(=O)NC)[C@H]([C@H](O)[C@H](O)CNC(=O)Cc2ccc(-c3ccc(O)cc3)cc2)O1. The number of aliphatic carboxylic acids is 1. The van der Waals surface area contributed by atoms with Gasteiger partial charge in [-0.3, -0.25) is 4.79 Å². The molecule has 1 fully saturated rings. The van der Waals surface area contributed by atoms with E-state index in [9.17, 15) is 43.5 Å². The molecule has 0 aliphatic carbocycles. The van der Waals surface area contributed by atoms with Gasteiger partial charge in [-0.25, -0.2) is 9.52 Å². The monoisotopic (exact) mass is 695 g/mol. The van der Waals surface area contributed by atoms with Crippen LogP contribution in [-0.4, -0.2) is 129 Å². The Bertz CT molecular complexity index is 1480. The number of hydrogen-bond acceptors (Lipinski definition) is 12. The van der Waals surface area contributed by atoms with Crippen LogP contribution in [0.2, 0.25) is 0 Å². The van der Waals surface area contributed by atoms with Gasteiger partial charge in [0, 0.05) is 20.0 Å². The second-order valence-electron chi connectivity index (χ2n) is 10.8. The van der Waals surface area contributed by atoms with E-state index in [0.29, 0.717) is 5.56 Å². The Morgan fingerprint density at radius 3 is 2.25 bits per heavy atom. The van der Waals surface area contributed by atoms with Crippen molar-refractivity contribution in [2.45, 2.75) is 49.1 Å². The van der Waals surface area contributed by atoms with Crippen LogP contribution in [0.3, 0.4) is 0 Å². The lowest BCUT2D eigenvalue weighted by molar-refractivity contribution is -0.311. The molecule has 1 saturated heterocycles. The molecule has 8 N–H and O–H groups in total. The molecule has 0 aromatic heterocycles. The fourth-order valence-electron chi connectivity index (χ4n) is 4.81. The molecule has 0 spiro atoms. The van der Waals surface area contributed by atoms with Crippen LogP contribution in [0.1, 0.15) is 12.0 Å². The standard InChI is InChI=1S/C31H41N3O13S/c1-3-12-44-13-14-45-15-16-46-31(30(40)41)18-24(36)27(34-48(42,43)32-2)29(47-31)28(39)25(37)19-33-26(38)17-20-4-6-21(7-5-20)22-8-10-23(35)11-9-22/h1,4-11,24-25,27-29,32,34-37,39H,12-19H2,2H3,(H,33,38)(H,40,41)/t24-,25+,27+,28+,29+,31+/m0/s1. The number of nitrogens with one attached hydrogen (secondary N) is 3. The van der Waals surface area contributed by atoms with E-state index in [1.54, 1.807) is 48.5 Å². The van der Waals surface area contributed by atoms with E-state index in [4.69, 9.17) is 25.4 Å². The van der Waals surface area contributed by atoms with Gasteiger partial charge in [0.15, 0.2) is 0 Å². The molecule has 3 rings (SSSR count). The Balaban J connectivity index is 1.65. The zero-order chi connectivity index (χ0) is 35.3. The molecule has 0 saturated carbocycles. The predicted molar refractivity (Wildman–Crippen MR) is 169 cm³/mol. The molecule has 6 atom stereocenters. The second kappa shape index (κ2) is 18.2. The number of carbonyl (C=O) groups is 2. The van der Waals surface area contributed by atoms with Crippen molar-refractivity contribution in [1.82, 2.24) is 14.8 Å². The van der Waals surface area contributed by atoms with Crippen molar-refractivity contribution in [2.75, 3.05) is 46.6 Å². The van der Waals surface area contributed by atoms with Gasteiger partial charge in [-0.2, -0.15) is 13.1 Å². The number of aromatic hydroxyl groups is 1. The fraction of sp³-hybridized carbons (Fsp3) is 0.484. The van der Waals surface area contributed by atoms with Crippen LogP contribution in [0.5, 0.6) is 5.75 Å². The first-order valence-corrected chi connectivity index (χ1v) is 16.3. The van der Waals surface area contributed by atoms with Crippen molar-refractivity contribution in [3.8, 4) is 29.2 Å². The Morgan fingerprint density at radius 2 is 1.65 bits per heavy atom. The number of ether oxygens (including phenoxy) is 4. The Morgan fingerprint density at radius 1 is 1.04 bits per heavy atom. The summed E-state index contributed by atoms with van der Waals surface area (Å²) < 4.78 is 50.1. The fourth-order valence-corrected chi connectivity index (χ4v) is 5.58. The number of amides is 1. The molecule has 264 valence electrons. The third-order valence-corrected chi connectivity index (χ3v) is 8.46. The number of phenolic OH excluding ortho intramolecular Hbond substituents is 1. The lowest BCUT2D eigenvalue weighted by atomic mass is 9.89. The molecule has 1 amide bonds. The van der Waals surface area contributed by atoms with E-state index in [-0.39, 0.29) is 45.2 Å². The summed E-state index contributed by atoms with van der Waals surface area (Å²) >= 11 is 0. The molecule has 48 heavy (non-hydrogen) atoms. The molecular weight excluding hydrogens is 654 g/mol. The summed E-state index contributed by atoms with van der Waals surface area (Å²) in [7, 11) is -3.18. The summed E-state index contributed by atoms with van der Waals surface area (Å²) in [6.07, 6.45) is -3.24. The number of aliphatic hydroxyl groups is 3. The van der Waals surface area contributed by atoms with Gasteiger partial charge in [0.05, 0.1) is 51.1 Å². The first kappa shape index (κ1) is 38.8. The molecule has 2 aromatic carbocycles. The highest BCUT2D eigenvalue weighted by Crippen LogP contribution is 2.34. The summed E-state index contributed by atoms with van der Waals surface area (Å²) in [5.41, 5.74) is 2.35. The van der Waals surface area contributed by atoms with E-state index < -0.39 is 71.3 Å². The number of terminal acetylenes is 1. The molecule has 17 heteroatoms. The van der Waals surface area contributed by atoms with Crippen LogP contribution in [-0.2, 0) is 45.2 Å². The van der Waals surface area contributed by atoms with Gasteiger partial charge >= 0.3 is 5.97 Å². The van der Waals surface area contributed by atoms with Gasteiger partial charge in [-0.1, -0.05) is 42.3 Å². The minimum absolute atomic E-state index is 0.0856. The van der Waals surface area contributed by atoms with Gasteiger partial charge in [0.1, 0.15) is 24.6 Å². The van der Waals surface area contributed by atoms with Crippen molar-refractivity contribution < 1.29 is 62.5 Å². The third-order valence-electron chi connectivity index (χ3n) is 7.34. The van der Waals surface area contributed by atoms with Gasteiger partial charge in [0.25, 0.3) is 16.0 Å². The summed E-state index contributed by atoms with van der Waals surface area (Å²) in [6, 6.07) is 12.0. The number of hydrogen-bond donors (Lipinski definition) is 8. The Kier molecular flexibility index (Phi) is 14.7. The second-order valence-corrected chi connectivity index (χ2v) is 12.4. The van der Waals surface area contributed by atoms with E-state index in [2.05, 4.69) is 16.0 Å². The molecule has 1 aliphatic heterocycles. The molecule has 1 heterocycles. The lowest BCUT2D eigenvalue weighted by Crippen LogP contribution is -2.68. The highest BCUT2D eigenvalue weighted by molar-refractivity contribution is 7.87.